The molecule has 0 saturated carbocycles. The van der Waals surface area contributed by atoms with Crippen LogP contribution in [0.25, 0.3) is 0 Å². The normalized spacial score (nSPS) is 18.1. The molecule has 2 rings (SSSR count). The van der Waals surface area contributed by atoms with Crippen molar-refractivity contribution < 1.29 is 24.2 Å². The number of carboxylic acids is 1. The molecule has 1 amide bonds. The summed E-state index contributed by atoms with van der Waals surface area (Å²) in [5.41, 5.74) is 0.457. The molecule has 0 radical (unpaired) electrons. The zero-order valence-corrected chi connectivity index (χ0v) is 14.9. The molecule has 2 atom stereocenters. The number of carboxylic acid groups (broad SMARTS) is 1. The molecule has 0 aliphatic carbocycles. The van der Waals surface area contributed by atoms with Crippen LogP contribution in [0.2, 0.25) is 0 Å². The summed E-state index contributed by atoms with van der Waals surface area (Å²) in [4.78, 5) is 23.6. The molecule has 6 nitrogen and oxygen atoms in total. The second-order valence-electron chi connectivity index (χ2n) is 6.85. The molecule has 25 heavy (non-hydrogen) atoms. The topological polar surface area (TPSA) is 84.9 Å². The van der Waals surface area contributed by atoms with E-state index in [-0.39, 0.29) is 24.5 Å². The minimum absolute atomic E-state index is 0.116. The summed E-state index contributed by atoms with van der Waals surface area (Å²) < 4.78 is 11.2. The van der Waals surface area contributed by atoms with E-state index in [2.05, 4.69) is 5.32 Å². The van der Waals surface area contributed by atoms with Gasteiger partial charge in [-0.1, -0.05) is 19.9 Å². The Labute approximate surface area is 148 Å². The lowest BCUT2D eigenvalue weighted by molar-refractivity contribution is -0.142. The van der Waals surface area contributed by atoms with E-state index in [0.29, 0.717) is 24.3 Å². The Morgan fingerprint density at radius 2 is 2.20 bits per heavy atom. The van der Waals surface area contributed by atoms with Gasteiger partial charge in [0.25, 0.3) is 5.91 Å². The fourth-order valence-electron chi connectivity index (χ4n) is 2.85. The number of ether oxygens (including phenoxy) is 2. The van der Waals surface area contributed by atoms with E-state index in [9.17, 15) is 14.7 Å². The van der Waals surface area contributed by atoms with E-state index < -0.39 is 11.9 Å². The third kappa shape index (κ3) is 6.38. The number of hydrogen-bond donors (Lipinski definition) is 2. The molecule has 1 fully saturated rings. The van der Waals surface area contributed by atoms with Crippen LogP contribution in [0.4, 0.5) is 0 Å². The van der Waals surface area contributed by atoms with Crippen molar-refractivity contribution in [2.24, 2.45) is 11.8 Å². The summed E-state index contributed by atoms with van der Waals surface area (Å²) in [7, 11) is 0. The Kier molecular flexibility index (Phi) is 7.25. The van der Waals surface area contributed by atoms with Crippen LogP contribution < -0.4 is 10.1 Å². The predicted octanol–water partition coefficient (Wildman–Crippen LogP) is 2.72. The van der Waals surface area contributed by atoms with E-state index in [4.69, 9.17) is 9.47 Å². The highest BCUT2D eigenvalue weighted by atomic mass is 16.5. The van der Waals surface area contributed by atoms with Gasteiger partial charge in [-0.3, -0.25) is 9.59 Å². The average Bonchev–Trinajstić information content (AvgIpc) is 3.09. The Morgan fingerprint density at radius 3 is 2.84 bits per heavy atom. The number of benzene rings is 1. The van der Waals surface area contributed by atoms with Crippen LogP contribution in [0.15, 0.2) is 24.3 Å². The zero-order chi connectivity index (χ0) is 18.2. The fourth-order valence-corrected chi connectivity index (χ4v) is 2.85. The third-order valence-electron chi connectivity index (χ3n) is 4.17. The molecular weight excluding hydrogens is 322 g/mol. The molecule has 0 bridgehead atoms. The van der Waals surface area contributed by atoms with E-state index in [1.54, 1.807) is 24.3 Å². The number of hydrogen-bond acceptors (Lipinski definition) is 4. The Hall–Kier alpha value is -2.08. The van der Waals surface area contributed by atoms with Crippen molar-refractivity contribution in [1.82, 2.24) is 5.32 Å². The lowest BCUT2D eigenvalue weighted by Gasteiger charge is -2.16. The summed E-state index contributed by atoms with van der Waals surface area (Å²) in [6.07, 6.45) is 2.69. The molecule has 0 aromatic heterocycles. The van der Waals surface area contributed by atoms with Gasteiger partial charge in [0, 0.05) is 18.7 Å². The molecule has 1 aliphatic heterocycles. The van der Waals surface area contributed by atoms with Gasteiger partial charge in [0.15, 0.2) is 0 Å². The summed E-state index contributed by atoms with van der Waals surface area (Å²) in [5, 5.41) is 12.0. The van der Waals surface area contributed by atoms with Crippen molar-refractivity contribution in [3.05, 3.63) is 29.8 Å². The smallest absolute Gasteiger partial charge is 0.308 e. The standard InChI is InChI=1S/C19H27NO5/c1-13(2)9-15(19(22)23)11-20-18(21)14-5-3-6-16(10-14)25-12-17-7-4-8-24-17/h3,5-6,10,13,15,17H,4,7-9,11-12H2,1-2H3,(H,20,21)(H,22,23). The van der Waals surface area contributed by atoms with Crippen molar-refractivity contribution in [3.63, 3.8) is 0 Å². The molecule has 1 saturated heterocycles. The van der Waals surface area contributed by atoms with E-state index in [0.717, 1.165) is 19.4 Å². The van der Waals surface area contributed by atoms with Crippen LogP contribution in [-0.4, -0.2) is 42.8 Å². The first-order chi connectivity index (χ1) is 12.0. The molecule has 138 valence electrons. The number of aliphatic carboxylic acids is 1. The SMILES string of the molecule is CC(C)CC(CNC(=O)c1cccc(OCC2CCCO2)c1)C(=O)O. The molecular formula is C19H27NO5. The van der Waals surface area contributed by atoms with Crippen molar-refractivity contribution in [2.75, 3.05) is 19.8 Å². The number of amides is 1. The van der Waals surface area contributed by atoms with Crippen molar-refractivity contribution in [2.45, 2.75) is 39.2 Å². The van der Waals surface area contributed by atoms with Crippen LogP contribution >= 0.6 is 0 Å². The maximum absolute atomic E-state index is 12.3. The second kappa shape index (κ2) is 9.42. The monoisotopic (exact) mass is 349 g/mol. The lowest BCUT2D eigenvalue weighted by atomic mass is 9.97. The van der Waals surface area contributed by atoms with Gasteiger partial charge in [0.05, 0.1) is 12.0 Å². The van der Waals surface area contributed by atoms with Crippen molar-refractivity contribution in [3.8, 4) is 5.75 Å². The van der Waals surface area contributed by atoms with Gasteiger partial charge in [-0.25, -0.2) is 0 Å². The second-order valence-corrected chi connectivity index (χ2v) is 6.85. The Bertz CT molecular complexity index is 581. The number of nitrogens with one attached hydrogen (secondary N) is 1. The first kappa shape index (κ1) is 19.2. The highest BCUT2D eigenvalue weighted by Gasteiger charge is 2.20. The van der Waals surface area contributed by atoms with Gasteiger partial charge in [0.2, 0.25) is 0 Å². The largest absolute Gasteiger partial charge is 0.491 e. The molecule has 1 aliphatic rings. The number of carbonyl (C=O) groups excluding carboxylic acids is 1. The van der Waals surface area contributed by atoms with Gasteiger partial charge in [-0.15, -0.1) is 0 Å². The first-order valence-corrected chi connectivity index (χ1v) is 8.81. The Balaban J connectivity index is 1.87. The zero-order valence-electron chi connectivity index (χ0n) is 14.9. The minimum atomic E-state index is -0.886. The van der Waals surface area contributed by atoms with Crippen molar-refractivity contribution >= 4 is 11.9 Å². The van der Waals surface area contributed by atoms with Gasteiger partial charge in [0.1, 0.15) is 12.4 Å². The lowest BCUT2D eigenvalue weighted by Crippen LogP contribution is -2.33. The quantitative estimate of drug-likeness (QED) is 0.716. The van der Waals surface area contributed by atoms with Crippen LogP contribution in [-0.2, 0) is 9.53 Å². The van der Waals surface area contributed by atoms with Crippen LogP contribution in [0.1, 0.15) is 43.5 Å². The molecule has 1 aromatic carbocycles. The summed E-state index contributed by atoms with van der Waals surface area (Å²) in [6, 6.07) is 6.90. The van der Waals surface area contributed by atoms with Crippen LogP contribution in [0.3, 0.4) is 0 Å². The highest BCUT2D eigenvalue weighted by Crippen LogP contribution is 2.17. The fraction of sp³-hybridized carbons (Fsp3) is 0.579. The first-order valence-electron chi connectivity index (χ1n) is 8.81. The van der Waals surface area contributed by atoms with E-state index in [1.807, 2.05) is 13.8 Å². The average molecular weight is 349 g/mol. The van der Waals surface area contributed by atoms with Crippen LogP contribution in [0.5, 0.6) is 5.75 Å². The molecule has 6 heteroatoms. The summed E-state index contributed by atoms with van der Waals surface area (Å²) >= 11 is 0. The molecule has 0 spiro atoms. The summed E-state index contributed by atoms with van der Waals surface area (Å²) in [5.74, 6) is -0.893. The number of carbonyl (C=O) groups is 2. The molecule has 1 aromatic rings. The number of rotatable bonds is 9. The molecule has 1 heterocycles. The van der Waals surface area contributed by atoms with Crippen LogP contribution in [0, 0.1) is 11.8 Å². The minimum Gasteiger partial charge on any atom is -0.491 e. The maximum atomic E-state index is 12.3. The van der Waals surface area contributed by atoms with E-state index in [1.165, 1.54) is 0 Å². The highest BCUT2D eigenvalue weighted by molar-refractivity contribution is 5.94. The maximum Gasteiger partial charge on any atom is 0.308 e. The predicted molar refractivity (Wildman–Crippen MR) is 93.8 cm³/mol. The van der Waals surface area contributed by atoms with Gasteiger partial charge >= 0.3 is 5.97 Å². The Morgan fingerprint density at radius 1 is 1.40 bits per heavy atom. The van der Waals surface area contributed by atoms with Crippen molar-refractivity contribution in [1.29, 1.82) is 0 Å². The van der Waals surface area contributed by atoms with Gasteiger partial charge < -0.3 is 19.9 Å². The molecule has 2 N–H and O–H groups in total. The van der Waals surface area contributed by atoms with E-state index >= 15 is 0 Å². The van der Waals surface area contributed by atoms with Gasteiger partial charge in [-0.2, -0.15) is 0 Å². The third-order valence-corrected chi connectivity index (χ3v) is 4.17. The summed E-state index contributed by atoms with van der Waals surface area (Å²) in [6.45, 7) is 5.30. The van der Waals surface area contributed by atoms with Gasteiger partial charge in [-0.05, 0) is 43.4 Å². The molecule has 2 unspecified atom stereocenters.